The van der Waals surface area contributed by atoms with E-state index in [0.717, 1.165) is 6.42 Å². The van der Waals surface area contributed by atoms with Gasteiger partial charge in [-0.2, -0.15) is 0 Å². The fourth-order valence-corrected chi connectivity index (χ4v) is 1.72. The van der Waals surface area contributed by atoms with Crippen molar-refractivity contribution in [2.45, 2.75) is 34.1 Å². The summed E-state index contributed by atoms with van der Waals surface area (Å²) in [4.78, 5) is 10.8. The van der Waals surface area contributed by atoms with Crippen molar-refractivity contribution in [2.24, 2.45) is 11.3 Å². The summed E-state index contributed by atoms with van der Waals surface area (Å²) in [7, 11) is 0. The van der Waals surface area contributed by atoms with Gasteiger partial charge >= 0.3 is 0 Å². The van der Waals surface area contributed by atoms with Gasteiger partial charge in [0.15, 0.2) is 5.78 Å². The Morgan fingerprint density at radius 1 is 1.62 bits per heavy atom. The number of hydrogen-bond donors (Lipinski definition) is 0. The first kappa shape index (κ1) is 10.2. The van der Waals surface area contributed by atoms with E-state index < -0.39 is 0 Å². The Morgan fingerprint density at radius 2 is 2.23 bits per heavy atom. The molecule has 0 bridgehead atoms. The van der Waals surface area contributed by atoms with Gasteiger partial charge in [0.05, 0.1) is 0 Å². The van der Waals surface area contributed by atoms with Crippen LogP contribution in [0.5, 0.6) is 0 Å². The average molecular weight is 178 g/mol. The number of hydrogen-bond acceptors (Lipinski definition) is 1. The van der Waals surface area contributed by atoms with Crippen LogP contribution in [0.4, 0.5) is 0 Å². The first-order chi connectivity index (χ1) is 5.94. The lowest BCUT2D eigenvalue weighted by Gasteiger charge is -2.27. The summed E-state index contributed by atoms with van der Waals surface area (Å²) in [6.07, 6.45) is 7.09. The second kappa shape index (κ2) is 3.49. The normalized spacial score (nSPS) is 26.5. The molecule has 0 N–H and O–H groups in total. The molecular formula is C12H18O. The minimum Gasteiger partial charge on any atom is -0.295 e. The highest BCUT2D eigenvalue weighted by Crippen LogP contribution is 2.43. The van der Waals surface area contributed by atoms with Gasteiger partial charge in [0.2, 0.25) is 0 Å². The van der Waals surface area contributed by atoms with E-state index in [1.807, 2.05) is 0 Å². The number of allylic oxidation sites excluding steroid dienone is 4. The highest BCUT2D eigenvalue weighted by Gasteiger charge is 2.32. The number of carbonyl (C=O) groups is 1. The predicted molar refractivity (Wildman–Crippen MR) is 55.5 cm³/mol. The SMILES string of the molecule is CC(=O)C=CC1CC=C(C)C1(C)C. The molecule has 1 aliphatic rings. The lowest BCUT2D eigenvalue weighted by molar-refractivity contribution is -0.112. The fourth-order valence-electron chi connectivity index (χ4n) is 1.72. The van der Waals surface area contributed by atoms with Gasteiger partial charge in [-0.3, -0.25) is 4.79 Å². The van der Waals surface area contributed by atoms with Crippen LogP contribution < -0.4 is 0 Å². The van der Waals surface area contributed by atoms with Gasteiger partial charge < -0.3 is 0 Å². The molecule has 0 aromatic carbocycles. The highest BCUT2D eigenvalue weighted by molar-refractivity contribution is 5.87. The average Bonchev–Trinajstić information content (AvgIpc) is 2.25. The van der Waals surface area contributed by atoms with Gasteiger partial charge in [0, 0.05) is 0 Å². The molecule has 0 spiro atoms. The minimum atomic E-state index is 0.139. The van der Waals surface area contributed by atoms with Crippen LogP contribution in [0.2, 0.25) is 0 Å². The lowest BCUT2D eigenvalue weighted by Crippen LogP contribution is -2.18. The minimum absolute atomic E-state index is 0.139. The van der Waals surface area contributed by atoms with Gasteiger partial charge in [-0.1, -0.05) is 31.6 Å². The molecule has 1 unspecified atom stereocenters. The van der Waals surface area contributed by atoms with E-state index >= 15 is 0 Å². The van der Waals surface area contributed by atoms with Crippen LogP contribution in [0.3, 0.4) is 0 Å². The third kappa shape index (κ3) is 2.09. The van der Waals surface area contributed by atoms with Crippen LogP contribution in [0.15, 0.2) is 23.8 Å². The number of rotatable bonds is 2. The molecule has 1 heteroatoms. The molecule has 0 aliphatic heterocycles. The third-order valence-corrected chi connectivity index (χ3v) is 3.18. The van der Waals surface area contributed by atoms with E-state index in [4.69, 9.17) is 0 Å². The first-order valence-corrected chi connectivity index (χ1v) is 4.80. The van der Waals surface area contributed by atoms with Crippen molar-refractivity contribution in [1.82, 2.24) is 0 Å². The van der Waals surface area contributed by atoms with E-state index in [1.165, 1.54) is 5.57 Å². The number of ketones is 1. The van der Waals surface area contributed by atoms with Crippen molar-refractivity contribution < 1.29 is 4.79 Å². The molecule has 1 rings (SSSR count). The van der Waals surface area contributed by atoms with Crippen molar-refractivity contribution in [3.05, 3.63) is 23.8 Å². The first-order valence-electron chi connectivity index (χ1n) is 4.80. The van der Waals surface area contributed by atoms with Gasteiger partial charge in [-0.05, 0) is 37.7 Å². The van der Waals surface area contributed by atoms with Crippen LogP contribution in [0.25, 0.3) is 0 Å². The second-order valence-corrected chi connectivity index (χ2v) is 4.42. The maximum absolute atomic E-state index is 10.8. The summed E-state index contributed by atoms with van der Waals surface area (Å²) >= 11 is 0. The summed E-state index contributed by atoms with van der Waals surface area (Å²) in [5, 5.41) is 0. The molecule has 0 aromatic rings. The standard InChI is InChI=1S/C12H18O/c1-9-5-7-11(12(9,3)4)8-6-10(2)13/h5-6,8,11H,7H2,1-4H3. The molecule has 0 saturated heterocycles. The monoisotopic (exact) mass is 178 g/mol. The van der Waals surface area contributed by atoms with Gasteiger partial charge in [-0.25, -0.2) is 0 Å². The Kier molecular flexibility index (Phi) is 2.74. The molecule has 0 saturated carbocycles. The van der Waals surface area contributed by atoms with Gasteiger partial charge in [-0.15, -0.1) is 0 Å². The Balaban J connectivity index is 2.72. The van der Waals surface area contributed by atoms with E-state index in [1.54, 1.807) is 13.0 Å². The van der Waals surface area contributed by atoms with Crippen LogP contribution >= 0.6 is 0 Å². The van der Waals surface area contributed by atoms with Crippen LogP contribution in [0, 0.1) is 11.3 Å². The molecule has 0 heterocycles. The third-order valence-electron chi connectivity index (χ3n) is 3.18. The smallest absolute Gasteiger partial charge is 0.152 e. The van der Waals surface area contributed by atoms with Crippen molar-refractivity contribution in [2.75, 3.05) is 0 Å². The maximum Gasteiger partial charge on any atom is 0.152 e. The van der Waals surface area contributed by atoms with E-state index in [-0.39, 0.29) is 11.2 Å². The predicted octanol–water partition coefficient (Wildman–Crippen LogP) is 3.12. The molecule has 72 valence electrons. The topological polar surface area (TPSA) is 17.1 Å². The zero-order chi connectivity index (χ0) is 10.1. The van der Waals surface area contributed by atoms with Crippen LogP contribution in [-0.4, -0.2) is 5.78 Å². The molecule has 0 radical (unpaired) electrons. The van der Waals surface area contributed by atoms with E-state index in [2.05, 4.69) is 32.9 Å². The summed E-state index contributed by atoms with van der Waals surface area (Å²) in [6.45, 7) is 8.24. The van der Waals surface area contributed by atoms with Crippen LogP contribution in [0.1, 0.15) is 34.1 Å². The summed E-state index contributed by atoms with van der Waals surface area (Å²) in [6, 6.07) is 0. The zero-order valence-electron chi connectivity index (χ0n) is 8.92. The molecule has 1 aliphatic carbocycles. The van der Waals surface area contributed by atoms with Crippen molar-refractivity contribution in [3.8, 4) is 0 Å². The summed E-state index contributed by atoms with van der Waals surface area (Å²) < 4.78 is 0. The fraction of sp³-hybridized carbons (Fsp3) is 0.583. The summed E-state index contributed by atoms with van der Waals surface area (Å²) in [5.41, 5.74) is 1.66. The summed E-state index contributed by atoms with van der Waals surface area (Å²) in [5.74, 6) is 0.636. The van der Waals surface area contributed by atoms with E-state index in [9.17, 15) is 4.79 Å². The Labute approximate surface area is 80.5 Å². The largest absolute Gasteiger partial charge is 0.295 e. The second-order valence-electron chi connectivity index (χ2n) is 4.42. The van der Waals surface area contributed by atoms with Gasteiger partial charge in [0.25, 0.3) is 0 Å². The molecule has 1 nitrogen and oxygen atoms in total. The van der Waals surface area contributed by atoms with Crippen LogP contribution in [-0.2, 0) is 4.79 Å². The lowest BCUT2D eigenvalue weighted by atomic mass is 9.77. The Bertz CT molecular complexity index is 269. The maximum atomic E-state index is 10.8. The van der Waals surface area contributed by atoms with Gasteiger partial charge in [0.1, 0.15) is 0 Å². The van der Waals surface area contributed by atoms with Crippen molar-refractivity contribution in [3.63, 3.8) is 0 Å². The zero-order valence-corrected chi connectivity index (χ0v) is 8.92. The van der Waals surface area contributed by atoms with Crippen molar-refractivity contribution in [1.29, 1.82) is 0 Å². The molecule has 0 fully saturated rings. The molecule has 13 heavy (non-hydrogen) atoms. The van der Waals surface area contributed by atoms with E-state index in [0.29, 0.717) is 5.92 Å². The molecule has 0 amide bonds. The molecular weight excluding hydrogens is 160 g/mol. The highest BCUT2D eigenvalue weighted by atomic mass is 16.1. The van der Waals surface area contributed by atoms with Crippen molar-refractivity contribution >= 4 is 5.78 Å². The Morgan fingerprint density at radius 3 is 2.62 bits per heavy atom. The quantitative estimate of drug-likeness (QED) is 0.469. The number of carbonyl (C=O) groups excluding carboxylic acids is 1. The Hall–Kier alpha value is -0.850. The molecule has 1 atom stereocenters. The molecule has 0 aromatic heterocycles.